The number of carbonyl (C=O) groups is 1. The summed E-state index contributed by atoms with van der Waals surface area (Å²) in [5.74, 6) is 0.582. The molecule has 2 aromatic rings. The molecule has 1 aromatic heterocycles. The summed E-state index contributed by atoms with van der Waals surface area (Å²) in [5.41, 5.74) is 0.0117. The van der Waals surface area contributed by atoms with E-state index < -0.39 is 11.1 Å². The smallest absolute Gasteiger partial charge is 0.314 e. The summed E-state index contributed by atoms with van der Waals surface area (Å²) in [7, 11) is 0. The van der Waals surface area contributed by atoms with Crippen molar-refractivity contribution in [3.63, 3.8) is 0 Å². The molecule has 2 N–H and O–H groups in total. The first kappa shape index (κ1) is 18.4. The lowest BCUT2D eigenvalue weighted by Crippen LogP contribution is -2.45. The molecule has 140 valence electrons. The molecule has 1 aromatic carbocycles. The minimum Gasteiger partial charge on any atom is -0.375 e. The second-order valence-electron chi connectivity index (χ2n) is 7.24. The van der Waals surface area contributed by atoms with Gasteiger partial charge in [0, 0.05) is 18.7 Å². The molecule has 1 aliphatic rings. The van der Waals surface area contributed by atoms with Crippen molar-refractivity contribution in [2.24, 2.45) is 5.92 Å². The van der Waals surface area contributed by atoms with Crippen molar-refractivity contribution in [3.8, 4) is 0 Å². The normalized spacial score (nSPS) is 17.8. The van der Waals surface area contributed by atoms with Gasteiger partial charge in [-0.05, 0) is 30.5 Å². The van der Waals surface area contributed by atoms with Crippen molar-refractivity contribution in [2.75, 3.05) is 19.7 Å². The summed E-state index contributed by atoms with van der Waals surface area (Å²) in [6.07, 6.45) is 3.27. The number of nitrogens with one attached hydrogen (secondary N) is 2. The number of ether oxygens (including phenoxy) is 1. The van der Waals surface area contributed by atoms with E-state index in [0.717, 1.165) is 19.3 Å². The molecule has 0 radical (unpaired) electrons. The highest BCUT2D eigenvalue weighted by Gasteiger charge is 2.25. The monoisotopic (exact) mass is 359 g/mol. The molecule has 0 saturated carbocycles. The number of H-pyrrole nitrogens is 2. The lowest BCUT2D eigenvalue weighted by molar-refractivity contribution is -0.0260. The highest BCUT2D eigenvalue weighted by Crippen LogP contribution is 2.17. The molecule has 0 bridgehead atoms. The zero-order valence-electron chi connectivity index (χ0n) is 15.2. The molecule has 0 spiro atoms. The van der Waals surface area contributed by atoms with Crippen LogP contribution in [0.3, 0.4) is 0 Å². The van der Waals surface area contributed by atoms with Gasteiger partial charge in [-0.15, -0.1) is 0 Å². The van der Waals surface area contributed by atoms with E-state index in [2.05, 4.69) is 23.8 Å². The average molecular weight is 359 g/mol. The molecule has 1 saturated heterocycles. The number of rotatable bonds is 5. The second kappa shape index (κ2) is 7.86. The summed E-state index contributed by atoms with van der Waals surface area (Å²) >= 11 is 0. The van der Waals surface area contributed by atoms with Crippen LogP contribution in [-0.4, -0.2) is 46.6 Å². The standard InChI is InChI=1S/C19H25N3O4/c1-12(2)4-3-5-14-11-22(8-9-26-14)19(25)13-6-7-15-16(10-13)21-18(24)17(23)20-15/h6-7,10,12,14H,3-5,8-9,11H2,1-2H3,(H,20,23)(H,21,24)/t14-/m0/s1. The van der Waals surface area contributed by atoms with E-state index in [0.29, 0.717) is 42.2 Å². The van der Waals surface area contributed by atoms with Crippen LogP contribution in [0, 0.1) is 5.92 Å². The van der Waals surface area contributed by atoms with Crippen LogP contribution in [0.25, 0.3) is 11.0 Å². The van der Waals surface area contributed by atoms with Crippen LogP contribution in [0.4, 0.5) is 0 Å². The maximum absolute atomic E-state index is 12.8. The average Bonchev–Trinajstić information content (AvgIpc) is 2.62. The van der Waals surface area contributed by atoms with Gasteiger partial charge in [-0.25, -0.2) is 0 Å². The predicted molar refractivity (Wildman–Crippen MR) is 99.5 cm³/mol. The molecular weight excluding hydrogens is 334 g/mol. The SMILES string of the molecule is CC(C)CCC[C@H]1CN(C(=O)c2ccc3[nH]c(=O)c(=O)[nH]c3c2)CCO1. The molecule has 7 nitrogen and oxygen atoms in total. The highest BCUT2D eigenvalue weighted by atomic mass is 16.5. The van der Waals surface area contributed by atoms with Gasteiger partial charge in [0.25, 0.3) is 5.91 Å². The zero-order valence-corrected chi connectivity index (χ0v) is 15.2. The molecular formula is C19H25N3O4. The number of benzene rings is 1. The minimum atomic E-state index is -0.723. The number of fused-ring (bicyclic) bond motifs is 1. The maximum Gasteiger partial charge on any atom is 0.314 e. The Labute approximate surface area is 151 Å². The Morgan fingerprint density at radius 2 is 1.96 bits per heavy atom. The summed E-state index contributed by atoms with van der Waals surface area (Å²) in [4.78, 5) is 42.5. The first-order valence-corrected chi connectivity index (χ1v) is 9.11. The number of aromatic nitrogens is 2. The second-order valence-corrected chi connectivity index (χ2v) is 7.24. The fraction of sp³-hybridized carbons (Fsp3) is 0.526. The number of morpholine rings is 1. The van der Waals surface area contributed by atoms with Crippen LogP contribution in [0.5, 0.6) is 0 Å². The van der Waals surface area contributed by atoms with E-state index in [1.807, 2.05) is 0 Å². The zero-order chi connectivity index (χ0) is 18.7. The number of aromatic amines is 2. The molecule has 0 unspecified atom stereocenters. The van der Waals surface area contributed by atoms with E-state index in [1.165, 1.54) is 0 Å². The molecule has 1 atom stereocenters. The van der Waals surface area contributed by atoms with E-state index >= 15 is 0 Å². The Hall–Kier alpha value is -2.41. The van der Waals surface area contributed by atoms with Gasteiger partial charge in [0.05, 0.1) is 23.7 Å². The lowest BCUT2D eigenvalue weighted by atomic mass is 10.0. The van der Waals surface area contributed by atoms with Crippen LogP contribution in [0.1, 0.15) is 43.5 Å². The fourth-order valence-electron chi connectivity index (χ4n) is 3.26. The third-order valence-corrected chi connectivity index (χ3v) is 4.70. The largest absolute Gasteiger partial charge is 0.375 e. The van der Waals surface area contributed by atoms with Gasteiger partial charge in [-0.2, -0.15) is 0 Å². The molecule has 2 heterocycles. The highest BCUT2D eigenvalue weighted by molar-refractivity contribution is 5.97. The molecule has 3 rings (SSSR count). The lowest BCUT2D eigenvalue weighted by Gasteiger charge is -2.33. The predicted octanol–water partition coefficient (Wildman–Crippen LogP) is 1.88. The minimum absolute atomic E-state index is 0.0723. The number of hydrogen-bond donors (Lipinski definition) is 2. The molecule has 0 aliphatic carbocycles. The maximum atomic E-state index is 12.8. The molecule has 26 heavy (non-hydrogen) atoms. The van der Waals surface area contributed by atoms with Crippen molar-refractivity contribution < 1.29 is 9.53 Å². The quantitative estimate of drug-likeness (QED) is 0.797. The topological polar surface area (TPSA) is 95.3 Å². The Kier molecular flexibility index (Phi) is 5.56. The van der Waals surface area contributed by atoms with Crippen LogP contribution < -0.4 is 11.1 Å². The van der Waals surface area contributed by atoms with Gasteiger partial charge in [0.1, 0.15) is 0 Å². The molecule has 1 amide bonds. The van der Waals surface area contributed by atoms with Crippen molar-refractivity contribution in [1.29, 1.82) is 0 Å². The third-order valence-electron chi connectivity index (χ3n) is 4.70. The van der Waals surface area contributed by atoms with Crippen molar-refractivity contribution >= 4 is 16.9 Å². The Morgan fingerprint density at radius 3 is 2.69 bits per heavy atom. The van der Waals surface area contributed by atoms with Crippen LogP contribution in [-0.2, 0) is 4.74 Å². The Balaban J connectivity index is 1.72. The van der Waals surface area contributed by atoms with Crippen molar-refractivity contribution in [3.05, 3.63) is 44.5 Å². The first-order chi connectivity index (χ1) is 12.4. The number of amides is 1. The van der Waals surface area contributed by atoms with Gasteiger partial charge in [-0.1, -0.05) is 26.7 Å². The van der Waals surface area contributed by atoms with Crippen molar-refractivity contribution in [1.82, 2.24) is 14.9 Å². The van der Waals surface area contributed by atoms with E-state index in [4.69, 9.17) is 4.74 Å². The van der Waals surface area contributed by atoms with Gasteiger partial charge >= 0.3 is 11.1 Å². The summed E-state index contributed by atoms with van der Waals surface area (Å²) in [5, 5.41) is 0. The number of carbonyl (C=O) groups excluding carboxylic acids is 1. The summed E-state index contributed by atoms with van der Waals surface area (Å²) < 4.78 is 5.79. The molecule has 1 aliphatic heterocycles. The van der Waals surface area contributed by atoms with Crippen molar-refractivity contribution in [2.45, 2.75) is 39.2 Å². The summed E-state index contributed by atoms with van der Waals surface area (Å²) in [6.45, 7) is 6.08. The van der Waals surface area contributed by atoms with E-state index in [-0.39, 0.29) is 12.0 Å². The molecule has 7 heteroatoms. The Morgan fingerprint density at radius 1 is 1.23 bits per heavy atom. The fourth-order valence-corrected chi connectivity index (χ4v) is 3.26. The van der Waals surface area contributed by atoms with Gasteiger partial charge < -0.3 is 19.6 Å². The number of hydrogen-bond acceptors (Lipinski definition) is 4. The first-order valence-electron chi connectivity index (χ1n) is 9.11. The van der Waals surface area contributed by atoms with Crippen LogP contribution >= 0.6 is 0 Å². The summed E-state index contributed by atoms with van der Waals surface area (Å²) in [6, 6.07) is 4.92. The van der Waals surface area contributed by atoms with Crippen LogP contribution in [0.2, 0.25) is 0 Å². The third kappa shape index (κ3) is 4.22. The molecule has 1 fully saturated rings. The van der Waals surface area contributed by atoms with Gasteiger partial charge in [-0.3, -0.25) is 14.4 Å². The van der Waals surface area contributed by atoms with Crippen LogP contribution in [0.15, 0.2) is 27.8 Å². The van der Waals surface area contributed by atoms with Gasteiger partial charge in [0.15, 0.2) is 0 Å². The van der Waals surface area contributed by atoms with Gasteiger partial charge in [0.2, 0.25) is 0 Å². The van der Waals surface area contributed by atoms with E-state index in [9.17, 15) is 14.4 Å². The Bertz CT molecular complexity index is 900. The number of nitrogens with zero attached hydrogens (tertiary/aromatic N) is 1. The van der Waals surface area contributed by atoms with E-state index in [1.54, 1.807) is 23.1 Å².